The molecule has 3 heteroatoms. The molecule has 0 aliphatic carbocycles. The Morgan fingerprint density at radius 3 is 2.64 bits per heavy atom. The van der Waals surface area contributed by atoms with Gasteiger partial charge in [-0.15, -0.1) is 0 Å². The van der Waals surface area contributed by atoms with Gasteiger partial charge in [0.1, 0.15) is 0 Å². The van der Waals surface area contributed by atoms with Crippen LogP contribution in [0.25, 0.3) is 0 Å². The van der Waals surface area contributed by atoms with Crippen LogP contribution in [0.15, 0.2) is 0 Å². The van der Waals surface area contributed by atoms with Gasteiger partial charge in [0.05, 0.1) is 5.60 Å². The quantitative estimate of drug-likeness (QED) is 0.668. The van der Waals surface area contributed by atoms with Crippen molar-refractivity contribution in [2.45, 2.75) is 44.6 Å². The van der Waals surface area contributed by atoms with E-state index < -0.39 is 0 Å². The summed E-state index contributed by atoms with van der Waals surface area (Å²) in [5.74, 6) is 2.14. The van der Waals surface area contributed by atoms with Crippen LogP contribution >= 0.6 is 11.8 Å². The van der Waals surface area contributed by atoms with Crippen molar-refractivity contribution in [3.05, 3.63) is 0 Å². The number of piperidine rings is 1. The van der Waals surface area contributed by atoms with Crippen LogP contribution in [0.3, 0.4) is 0 Å². The monoisotopic (exact) mass is 217 g/mol. The second kappa shape index (κ2) is 6.70. The molecule has 2 nitrogen and oxygen atoms in total. The summed E-state index contributed by atoms with van der Waals surface area (Å²) < 4.78 is 0. The average Bonchev–Trinajstić information content (AvgIpc) is 2.18. The SMILES string of the molecule is CCCCCSCC1(O)CCNCC1. The lowest BCUT2D eigenvalue weighted by atomic mass is 9.95. The molecule has 84 valence electrons. The van der Waals surface area contributed by atoms with E-state index in [-0.39, 0.29) is 5.60 Å². The van der Waals surface area contributed by atoms with Gasteiger partial charge >= 0.3 is 0 Å². The Bertz CT molecular complexity index is 146. The first-order valence-electron chi connectivity index (χ1n) is 5.78. The highest BCUT2D eigenvalue weighted by atomic mass is 32.2. The first-order chi connectivity index (χ1) is 6.77. The van der Waals surface area contributed by atoms with Crippen LogP contribution in [-0.4, -0.2) is 35.3 Å². The maximum absolute atomic E-state index is 10.2. The van der Waals surface area contributed by atoms with E-state index in [9.17, 15) is 5.11 Å². The summed E-state index contributed by atoms with van der Waals surface area (Å²) in [5, 5.41) is 13.4. The Kier molecular flexibility index (Phi) is 5.90. The van der Waals surface area contributed by atoms with Gasteiger partial charge in [0.15, 0.2) is 0 Å². The Balaban J connectivity index is 2.03. The summed E-state index contributed by atoms with van der Waals surface area (Å²) >= 11 is 1.92. The summed E-state index contributed by atoms with van der Waals surface area (Å²) in [6, 6.07) is 0. The minimum Gasteiger partial charge on any atom is -0.389 e. The Hall–Kier alpha value is 0.270. The van der Waals surface area contributed by atoms with Crippen LogP contribution in [0.4, 0.5) is 0 Å². The molecule has 0 aromatic rings. The molecule has 14 heavy (non-hydrogen) atoms. The molecule has 1 rings (SSSR count). The molecule has 1 aliphatic rings. The standard InChI is InChI=1S/C11H23NOS/c1-2-3-4-9-14-10-11(13)5-7-12-8-6-11/h12-13H,2-10H2,1H3. The lowest BCUT2D eigenvalue weighted by molar-refractivity contribution is 0.0339. The molecule has 1 fully saturated rings. The minimum absolute atomic E-state index is 0.373. The first kappa shape index (κ1) is 12.3. The number of unbranched alkanes of at least 4 members (excludes halogenated alkanes) is 2. The fourth-order valence-corrected chi connectivity index (χ4v) is 2.97. The van der Waals surface area contributed by atoms with Gasteiger partial charge in [0, 0.05) is 5.75 Å². The van der Waals surface area contributed by atoms with E-state index >= 15 is 0 Å². The third-order valence-corrected chi connectivity index (χ3v) is 4.12. The van der Waals surface area contributed by atoms with E-state index in [1.807, 2.05) is 11.8 Å². The average molecular weight is 217 g/mol. The zero-order chi connectivity index (χ0) is 10.3. The summed E-state index contributed by atoms with van der Waals surface area (Å²) in [6.45, 7) is 4.18. The fourth-order valence-electron chi connectivity index (χ4n) is 1.75. The van der Waals surface area contributed by atoms with Gasteiger partial charge in [-0.25, -0.2) is 0 Å². The van der Waals surface area contributed by atoms with E-state index in [1.165, 1.54) is 25.0 Å². The van der Waals surface area contributed by atoms with E-state index in [0.29, 0.717) is 0 Å². The summed E-state index contributed by atoms with van der Waals surface area (Å²) in [5.41, 5.74) is -0.373. The summed E-state index contributed by atoms with van der Waals surface area (Å²) in [7, 11) is 0. The highest BCUT2D eigenvalue weighted by molar-refractivity contribution is 7.99. The Morgan fingerprint density at radius 2 is 2.00 bits per heavy atom. The van der Waals surface area contributed by atoms with Crippen molar-refractivity contribution in [1.82, 2.24) is 5.32 Å². The fraction of sp³-hybridized carbons (Fsp3) is 1.00. The van der Waals surface area contributed by atoms with Crippen LogP contribution in [0.2, 0.25) is 0 Å². The number of rotatable bonds is 6. The normalized spacial score (nSPS) is 21.0. The van der Waals surface area contributed by atoms with Crippen LogP contribution < -0.4 is 5.32 Å². The van der Waals surface area contributed by atoms with Crippen molar-refractivity contribution in [2.75, 3.05) is 24.6 Å². The van der Waals surface area contributed by atoms with Gasteiger partial charge < -0.3 is 10.4 Å². The maximum atomic E-state index is 10.2. The highest BCUT2D eigenvalue weighted by Gasteiger charge is 2.28. The molecular weight excluding hydrogens is 194 g/mol. The molecule has 1 aliphatic heterocycles. The van der Waals surface area contributed by atoms with Crippen molar-refractivity contribution in [1.29, 1.82) is 0 Å². The molecule has 0 bridgehead atoms. The van der Waals surface area contributed by atoms with Gasteiger partial charge in [0.2, 0.25) is 0 Å². The van der Waals surface area contributed by atoms with Crippen LogP contribution in [0.1, 0.15) is 39.0 Å². The highest BCUT2D eigenvalue weighted by Crippen LogP contribution is 2.23. The van der Waals surface area contributed by atoms with Crippen molar-refractivity contribution in [3.63, 3.8) is 0 Å². The molecule has 1 heterocycles. The number of hydrogen-bond acceptors (Lipinski definition) is 3. The molecule has 0 spiro atoms. The topological polar surface area (TPSA) is 32.3 Å². The number of thioether (sulfide) groups is 1. The smallest absolute Gasteiger partial charge is 0.0761 e. The molecule has 0 unspecified atom stereocenters. The molecule has 0 atom stereocenters. The zero-order valence-corrected chi connectivity index (χ0v) is 10.0. The van der Waals surface area contributed by atoms with Crippen LogP contribution in [0, 0.1) is 0 Å². The van der Waals surface area contributed by atoms with Gasteiger partial charge in [-0.1, -0.05) is 19.8 Å². The first-order valence-corrected chi connectivity index (χ1v) is 6.93. The molecule has 0 radical (unpaired) electrons. The van der Waals surface area contributed by atoms with E-state index in [0.717, 1.165) is 31.7 Å². The number of aliphatic hydroxyl groups is 1. The molecule has 2 N–H and O–H groups in total. The third-order valence-electron chi connectivity index (χ3n) is 2.80. The molecule has 0 aromatic heterocycles. The van der Waals surface area contributed by atoms with Gasteiger partial charge in [-0.2, -0.15) is 11.8 Å². The van der Waals surface area contributed by atoms with Gasteiger partial charge in [-0.05, 0) is 38.1 Å². The van der Waals surface area contributed by atoms with Crippen molar-refractivity contribution in [3.8, 4) is 0 Å². The minimum atomic E-state index is -0.373. The molecular formula is C11H23NOS. The zero-order valence-electron chi connectivity index (χ0n) is 9.22. The molecule has 1 saturated heterocycles. The number of hydrogen-bond donors (Lipinski definition) is 2. The van der Waals surface area contributed by atoms with Crippen LogP contribution in [0.5, 0.6) is 0 Å². The summed E-state index contributed by atoms with van der Waals surface area (Å²) in [6.07, 6.45) is 5.76. The van der Waals surface area contributed by atoms with Gasteiger partial charge in [0.25, 0.3) is 0 Å². The predicted molar refractivity (Wildman–Crippen MR) is 63.9 cm³/mol. The largest absolute Gasteiger partial charge is 0.389 e. The Labute approximate surface area is 91.9 Å². The van der Waals surface area contributed by atoms with E-state index in [4.69, 9.17) is 0 Å². The molecule has 0 amide bonds. The van der Waals surface area contributed by atoms with Gasteiger partial charge in [-0.3, -0.25) is 0 Å². The van der Waals surface area contributed by atoms with Crippen molar-refractivity contribution < 1.29 is 5.11 Å². The lowest BCUT2D eigenvalue weighted by Crippen LogP contribution is -2.43. The third kappa shape index (κ3) is 4.67. The predicted octanol–water partition coefficient (Wildman–Crippen LogP) is 2.02. The number of nitrogens with one attached hydrogen (secondary N) is 1. The maximum Gasteiger partial charge on any atom is 0.0761 e. The van der Waals surface area contributed by atoms with E-state index in [1.54, 1.807) is 0 Å². The lowest BCUT2D eigenvalue weighted by Gasteiger charge is -2.32. The van der Waals surface area contributed by atoms with Crippen molar-refractivity contribution in [2.24, 2.45) is 0 Å². The van der Waals surface area contributed by atoms with Crippen LogP contribution in [-0.2, 0) is 0 Å². The van der Waals surface area contributed by atoms with E-state index in [2.05, 4.69) is 12.2 Å². The summed E-state index contributed by atoms with van der Waals surface area (Å²) in [4.78, 5) is 0. The second-order valence-corrected chi connectivity index (χ2v) is 5.34. The second-order valence-electron chi connectivity index (χ2n) is 4.23. The molecule has 0 saturated carbocycles. The Morgan fingerprint density at radius 1 is 1.29 bits per heavy atom. The molecule has 0 aromatic carbocycles. The van der Waals surface area contributed by atoms with Crippen molar-refractivity contribution >= 4 is 11.8 Å².